The van der Waals surface area contributed by atoms with Gasteiger partial charge in [-0.2, -0.15) is 0 Å². The summed E-state index contributed by atoms with van der Waals surface area (Å²) in [4.78, 5) is 24.6. The highest BCUT2D eigenvalue weighted by atomic mass is 35.5. The number of likely N-dealkylation sites (N-methyl/N-ethyl adjacent to an activating group) is 1. The van der Waals surface area contributed by atoms with E-state index in [1.165, 1.54) is 7.11 Å². The van der Waals surface area contributed by atoms with Crippen LogP contribution >= 0.6 is 11.6 Å². The Morgan fingerprint density at radius 2 is 1.83 bits per heavy atom. The Bertz CT molecular complexity index is 983. The Morgan fingerprint density at radius 1 is 1.11 bits per heavy atom. The van der Waals surface area contributed by atoms with Crippen molar-refractivity contribution in [1.29, 1.82) is 0 Å². The molecule has 1 saturated heterocycles. The molecule has 3 N–H and O–H groups in total. The zero-order valence-corrected chi connectivity index (χ0v) is 21.7. The third-order valence-corrected chi connectivity index (χ3v) is 6.42. The van der Waals surface area contributed by atoms with E-state index in [1.807, 2.05) is 43.4 Å². The smallest absolute Gasteiger partial charge is 0.406 e. The van der Waals surface area contributed by atoms with Crippen molar-refractivity contribution in [3.05, 3.63) is 70.2 Å². The Labute approximate surface area is 218 Å². The number of ether oxygens (including phenoxy) is 3. The summed E-state index contributed by atoms with van der Waals surface area (Å²) in [6.45, 7) is 2.80. The summed E-state index contributed by atoms with van der Waals surface area (Å²) in [6.07, 6.45) is 1.97. The van der Waals surface area contributed by atoms with Crippen LogP contribution in [0, 0.1) is 5.92 Å². The third-order valence-electron chi connectivity index (χ3n) is 6.19. The van der Waals surface area contributed by atoms with Crippen LogP contribution < -0.4 is 16.0 Å². The van der Waals surface area contributed by atoms with Crippen molar-refractivity contribution in [2.24, 2.45) is 5.92 Å². The van der Waals surface area contributed by atoms with Crippen LogP contribution in [0.2, 0.25) is 5.02 Å². The molecule has 2 amide bonds. The van der Waals surface area contributed by atoms with Gasteiger partial charge in [-0.05, 0) is 67.6 Å². The predicted molar refractivity (Wildman–Crippen MR) is 139 cm³/mol. The van der Waals surface area contributed by atoms with Crippen LogP contribution in [0.5, 0.6) is 0 Å². The number of benzene rings is 2. The van der Waals surface area contributed by atoms with E-state index in [9.17, 15) is 9.59 Å². The van der Waals surface area contributed by atoms with E-state index in [2.05, 4.69) is 20.7 Å². The highest BCUT2D eigenvalue weighted by Crippen LogP contribution is 2.28. The summed E-state index contributed by atoms with van der Waals surface area (Å²) in [6, 6.07) is 14.9. The molecular weight excluding hydrogens is 482 g/mol. The number of hydrogen-bond acceptors (Lipinski definition) is 6. The third kappa shape index (κ3) is 8.78. The van der Waals surface area contributed by atoms with Crippen molar-refractivity contribution in [3.8, 4) is 0 Å². The SMILES string of the molecule is CNC[C@H](CC1CCOCC1)NC(=O)c1cccc(C(OCCNC(=O)OC)c2cccc(Cl)c2)c1. The minimum absolute atomic E-state index is 0.0265. The first-order chi connectivity index (χ1) is 17.5. The first-order valence-corrected chi connectivity index (χ1v) is 12.7. The maximum absolute atomic E-state index is 13.2. The molecule has 2 aromatic carbocycles. The van der Waals surface area contributed by atoms with Crippen LogP contribution in [0.3, 0.4) is 0 Å². The standard InChI is InChI=1S/C27H36ClN3O5/c1-29-18-24(15-19-9-12-35-13-10-19)31-26(32)22-7-3-5-20(16-22)25(21-6-4-8-23(28)17-21)36-14-11-30-27(33)34-2/h3-8,16-17,19,24-25,29H,9-15,18H2,1-2H3,(H,30,33)(H,31,32)/t24-,25?/m0/s1. The second kappa shape index (κ2) is 14.8. The molecule has 8 nitrogen and oxygen atoms in total. The van der Waals surface area contributed by atoms with Crippen LogP contribution in [-0.4, -0.2) is 65.1 Å². The number of hydrogen-bond donors (Lipinski definition) is 3. The van der Waals surface area contributed by atoms with Gasteiger partial charge in [-0.1, -0.05) is 35.9 Å². The van der Waals surface area contributed by atoms with Crippen molar-refractivity contribution in [3.63, 3.8) is 0 Å². The predicted octanol–water partition coefficient (Wildman–Crippen LogP) is 3.94. The van der Waals surface area contributed by atoms with Crippen molar-refractivity contribution < 1.29 is 23.8 Å². The Morgan fingerprint density at radius 3 is 2.53 bits per heavy atom. The highest BCUT2D eigenvalue weighted by molar-refractivity contribution is 6.30. The fourth-order valence-electron chi connectivity index (χ4n) is 4.39. The minimum atomic E-state index is -0.520. The van der Waals surface area contributed by atoms with Crippen molar-refractivity contribution in [2.45, 2.75) is 31.4 Å². The van der Waals surface area contributed by atoms with Gasteiger partial charge in [-0.25, -0.2) is 4.79 Å². The lowest BCUT2D eigenvalue weighted by Gasteiger charge is -2.27. The first kappa shape index (κ1) is 27.9. The molecule has 0 spiro atoms. The monoisotopic (exact) mass is 517 g/mol. The Balaban J connectivity index is 1.73. The molecule has 2 atom stereocenters. The van der Waals surface area contributed by atoms with Gasteiger partial charge in [0.05, 0.1) is 13.7 Å². The van der Waals surface area contributed by atoms with E-state index < -0.39 is 12.2 Å². The molecule has 2 aromatic rings. The number of methoxy groups -OCH3 is 1. The van der Waals surface area contributed by atoms with Crippen molar-refractivity contribution in [2.75, 3.05) is 47.1 Å². The lowest BCUT2D eigenvalue weighted by molar-refractivity contribution is 0.0598. The number of alkyl carbamates (subject to hydrolysis) is 1. The molecule has 0 bridgehead atoms. The molecule has 1 aliphatic rings. The number of carbonyl (C=O) groups excluding carboxylic acids is 2. The summed E-state index contributed by atoms with van der Waals surface area (Å²) in [5, 5.41) is 9.59. The van der Waals surface area contributed by atoms with Gasteiger partial charge in [0.1, 0.15) is 6.10 Å². The normalized spacial score (nSPS) is 15.6. The molecule has 1 heterocycles. The zero-order valence-electron chi connectivity index (χ0n) is 20.9. The molecular formula is C27H36ClN3O5. The average molecular weight is 518 g/mol. The lowest BCUT2D eigenvalue weighted by atomic mass is 9.92. The summed E-state index contributed by atoms with van der Waals surface area (Å²) >= 11 is 6.24. The molecule has 3 rings (SSSR count). The van der Waals surface area contributed by atoms with Crippen LogP contribution in [0.25, 0.3) is 0 Å². The van der Waals surface area contributed by atoms with Crippen molar-refractivity contribution >= 4 is 23.6 Å². The van der Waals surface area contributed by atoms with E-state index in [0.717, 1.165) is 43.6 Å². The molecule has 36 heavy (non-hydrogen) atoms. The Hall–Kier alpha value is -2.65. The maximum Gasteiger partial charge on any atom is 0.406 e. The molecule has 0 radical (unpaired) electrons. The van der Waals surface area contributed by atoms with Gasteiger partial charge >= 0.3 is 6.09 Å². The van der Waals surface area contributed by atoms with E-state index in [1.54, 1.807) is 12.1 Å². The molecule has 1 aliphatic heterocycles. The number of rotatable bonds is 12. The fourth-order valence-corrected chi connectivity index (χ4v) is 4.59. The van der Waals surface area contributed by atoms with Crippen LogP contribution in [0.1, 0.15) is 46.9 Å². The van der Waals surface area contributed by atoms with Crippen LogP contribution in [0.15, 0.2) is 48.5 Å². The van der Waals surface area contributed by atoms with Gasteiger partial charge in [-0.3, -0.25) is 4.79 Å². The first-order valence-electron chi connectivity index (χ1n) is 12.3. The van der Waals surface area contributed by atoms with Gasteiger partial charge < -0.3 is 30.2 Å². The fraction of sp³-hybridized carbons (Fsp3) is 0.481. The quantitative estimate of drug-likeness (QED) is 0.369. The second-order valence-corrected chi connectivity index (χ2v) is 9.31. The van der Waals surface area contributed by atoms with Crippen molar-refractivity contribution in [1.82, 2.24) is 16.0 Å². The van der Waals surface area contributed by atoms with Gasteiger partial charge in [-0.15, -0.1) is 0 Å². The topological polar surface area (TPSA) is 97.9 Å². The lowest BCUT2D eigenvalue weighted by Crippen LogP contribution is -2.43. The number of amides is 2. The molecule has 0 aliphatic carbocycles. The molecule has 0 aromatic heterocycles. The molecule has 1 fully saturated rings. The highest BCUT2D eigenvalue weighted by Gasteiger charge is 2.22. The largest absolute Gasteiger partial charge is 0.453 e. The maximum atomic E-state index is 13.2. The van der Waals surface area contributed by atoms with E-state index in [4.69, 9.17) is 21.1 Å². The molecule has 9 heteroatoms. The van der Waals surface area contributed by atoms with Gasteiger partial charge in [0.15, 0.2) is 0 Å². The average Bonchev–Trinajstić information content (AvgIpc) is 2.89. The number of nitrogens with one attached hydrogen (secondary N) is 3. The van der Waals surface area contributed by atoms with Crippen LogP contribution in [-0.2, 0) is 14.2 Å². The molecule has 0 saturated carbocycles. The number of halogens is 1. The summed E-state index contributed by atoms with van der Waals surface area (Å²) in [5.41, 5.74) is 2.23. The summed E-state index contributed by atoms with van der Waals surface area (Å²) < 4.78 is 16.2. The second-order valence-electron chi connectivity index (χ2n) is 8.87. The zero-order chi connectivity index (χ0) is 25.8. The van der Waals surface area contributed by atoms with Gasteiger partial charge in [0.2, 0.25) is 0 Å². The Kier molecular flexibility index (Phi) is 11.5. The van der Waals surface area contributed by atoms with E-state index in [0.29, 0.717) is 23.0 Å². The van der Waals surface area contributed by atoms with E-state index in [-0.39, 0.29) is 25.1 Å². The van der Waals surface area contributed by atoms with Gasteiger partial charge in [0.25, 0.3) is 5.91 Å². The summed E-state index contributed by atoms with van der Waals surface area (Å²) in [7, 11) is 3.21. The molecule has 196 valence electrons. The van der Waals surface area contributed by atoms with Crippen LogP contribution in [0.4, 0.5) is 4.79 Å². The minimum Gasteiger partial charge on any atom is -0.453 e. The summed E-state index contributed by atoms with van der Waals surface area (Å²) in [5.74, 6) is 0.421. The van der Waals surface area contributed by atoms with E-state index >= 15 is 0 Å². The number of carbonyl (C=O) groups is 2. The molecule has 1 unspecified atom stereocenters. The van der Waals surface area contributed by atoms with Gasteiger partial charge in [0, 0.05) is 42.9 Å².